The van der Waals surface area contributed by atoms with Crippen molar-refractivity contribution < 1.29 is 18.6 Å². The Labute approximate surface area is 165 Å². The minimum absolute atomic E-state index is 0.0510. The summed E-state index contributed by atoms with van der Waals surface area (Å²) in [5, 5.41) is 15.1. The molecule has 1 atom stereocenters. The molecule has 1 aromatic carbocycles. The molecule has 28 heavy (non-hydrogen) atoms. The first-order valence-corrected chi connectivity index (χ1v) is 10.2. The van der Waals surface area contributed by atoms with E-state index < -0.39 is 6.61 Å². The Morgan fingerprint density at radius 3 is 2.61 bits per heavy atom. The summed E-state index contributed by atoms with van der Waals surface area (Å²) in [6, 6.07) is 6.46. The molecule has 1 fully saturated rings. The predicted octanol–water partition coefficient (Wildman–Crippen LogP) is 4.37. The average Bonchev–Trinajstić information content (AvgIpc) is 3.01. The second-order valence-electron chi connectivity index (χ2n) is 6.95. The van der Waals surface area contributed by atoms with Gasteiger partial charge in [0.2, 0.25) is 10.8 Å². The van der Waals surface area contributed by atoms with E-state index in [9.17, 15) is 13.9 Å². The van der Waals surface area contributed by atoms with Gasteiger partial charge in [-0.3, -0.25) is 4.90 Å². The van der Waals surface area contributed by atoms with E-state index in [1.54, 1.807) is 19.1 Å². The van der Waals surface area contributed by atoms with Gasteiger partial charge in [-0.25, -0.2) is 4.98 Å². The van der Waals surface area contributed by atoms with Gasteiger partial charge in [0.1, 0.15) is 11.6 Å². The fraction of sp³-hybridized carbons (Fsp3) is 0.474. The fourth-order valence-corrected chi connectivity index (χ4v) is 4.93. The third kappa shape index (κ3) is 3.81. The zero-order valence-electron chi connectivity index (χ0n) is 15.5. The highest BCUT2D eigenvalue weighted by atomic mass is 32.1. The summed E-state index contributed by atoms with van der Waals surface area (Å²) in [5.74, 6) is 0.754. The van der Waals surface area contributed by atoms with Crippen LogP contribution in [0.15, 0.2) is 24.3 Å². The molecule has 6 nitrogen and oxygen atoms in total. The van der Waals surface area contributed by atoms with Gasteiger partial charge in [-0.2, -0.15) is 13.3 Å². The standard InChI is InChI=1S/C19H22F2N4O2S/c1-12-22-19-25(23-12)17(26)16(28-19)15(24-9-4-2-3-5-10-24)13-7-6-8-14(11-13)27-18(20)21/h6-8,11,15,18,26H,2-5,9-10H2,1H3/t15-/m0/s1. The lowest BCUT2D eigenvalue weighted by Gasteiger charge is -2.30. The minimum Gasteiger partial charge on any atom is -0.492 e. The number of aromatic nitrogens is 3. The SMILES string of the molecule is Cc1nc2sc([C@H](c3cccc(OC(F)F)c3)N3CCCCCC3)c(O)n2n1. The first-order chi connectivity index (χ1) is 13.5. The molecule has 2 aromatic heterocycles. The highest BCUT2D eigenvalue weighted by Gasteiger charge is 2.30. The van der Waals surface area contributed by atoms with Crippen LogP contribution in [-0.4, -0.2) is 44.3 Å². The number of thiazole rings is 1. The molecule has 0 saturated carbocycles. The van der Waals surface area contributed by atoms with Crippen molar-refractivity contribution in [3.63, 3.8) is 0 Å². The molecule has 1 aliphatic rings. The topological polar surface area (TPSA) is 62.9 Å². The predicted molar refractivity (Wildman–Crippen MR) is 102 cm³/mol. The van der Waals surface area contributed by atoms with Crippen molar-refractivity contribution in [1.82, 2.24) is 19.5 Å². The third-order valence-corrected chi connectivity index (χ3v) is 6.03. The van der Waals surface area contributed by atoms with Crippen molar-refractivity contribution in [1.29, 1.82) is 0 Å². The quantitative estimate of drug-likeness (QED) is 0.679. The summed E-state index contributed by atoms with van der Waals surface area (Å²) >= 11 is 1.38. The molecule has 0 aliphatic carbocycles. The monoisotopic (exact) mass is 408 g/mol. The Balaban J connectivity index is 1.79. The number of halogens is 2. The van der Waals surface area contributed by atoms with E-state index in [2.05, 4.69) is 19.7 Å². The van der Waals surface area contributed by atoms with Gasteiger partial charge >= 0.3 is 6.61 Å². The summed E-state index contributed by atoms with van der Waals surface area (Å²) < 4.78 is 31.4. The van der Waals surface area contributed by atoms with E-state index in [1.807, 2.05) is 6.07 Å². The minimum atomic E-state index is -2.88. The summed E-state index contributed by atoms with van der Waals surface area (Å²) in [4.78, 5) is 7.99. The number of alkyl halides is 2. The zero-order valence-corrected chi connectivity index (χ0v) is 16.3. The van der Waals surface area contributed by atoms with Gasteiger partial charge in [-0.05, 0) is 50.6 Å². The molecule has 1 saturated heterocycles. The molecule has 0 radical (unpaired) electrons. The van der Waals surface area contributed by atoms with E-state index in [0.717, 1.165) is 44.3 Å². The first-order valence-electron chi connectivity index (χ1n) is 9.37. The second-order valence-corrected chi connectivity index (χ2v) is 7.96. The number of rotatable bonds is 5. The molecule has 9 heteroatoms. The van der Waals surface area contributed by atoms with Crippen molar-refractivity contribution >= 4 is 16.3 Å². The average molecular weight is 408 g/mol. The zero-order chi connectivity index (χ0) is 19.7. The molecule has 150 valence electrons. The number of aromatic hydroxyl groups is 1. The largest absolute Gasteiger partial charge is 0.492 e. The van der Waals surface area contributed by atoms with Gasteiger partial charge in [-0.1, -0.05) is 36.3 Å². The lowest BCUT2D eigenvalue weighted by molar-refractivity contribution is -0.0499. The van der Waals surface area contributed by atoms with Crippen LogP contribution in [0.4, 0.5) is 8.78 Å². The number of fused-ring (bicyclic) bond motifs is 1. The molecular weight excluding hydrogens is 386 g/mol. The van der Waals surface area contributed by atoms with Gasteiger partial charge in [0, 0.05) is 0 Å². The maximum absolute atomic E-state index is 12.7. The van der Waals surface area contributed by atoms with Crippen LogP contribution in [0.25, 0.3) is 4.96 Å². The Hall–Kier alpha value is -2.26. The fourth-order valence-electron chi connectivity index (χ4n) is 3.77. The van der Waals surface area contributed by atoms with Gasteiger partial charge in [-0.15, -0.1) is 5.10 Å². The van der Waals surface area contributed by atoms with Crippen LogP contribution in [0.2, 0.25) is 0 Å². The van der Waals surface area contributed by atoms with Crippen LogP contribution >= 0.6 is 11.3 Å². The van der Waals surface area contributed by atoms with Crippen LogP contribution in [0, 0.1) is 6.92 Å². The van der Waals surface area contributed by atoms with Crippen LogP contribution in [0.3, 0.4) is 0 Å². The lowest BCUT2D eigenvalue weighted by Crippen LogP contribution is -2.30. The van der Waals surface area contributed by atoms with Gasteiger partial charge in [0.25, 0.3) is 0 Å². The number of likely N-dealkylation sites (tertiary alicyclic amines) is 1. The normalized spacial score (nSPS) is 17.1. The lowest BCUT2D eigenvalue weighted by atomic mass is 10.0. The Morgan fingerprint density at radius 1 is 1.18 bits per heavy atom. The van der Waals surface area contributed by atoms with E-state index in [4.69, 9.17) is 0 Å². The molecule has 3 heterocycles. The second kappa shape index (κ2) is 8.00. The molecule has 1 aliphatic heterocycles. The van der Waals surface area contributed by atoms with Gasteiger partial charge in [0.05, 0.1) is 10.9 Å². The van der Waals surface area contributed by atoms with E-state index >= 15 is 0 Å². The van der Waals surface area contributed by atoms with E-state index in [-0.39, 0.29) is 17.7 Å². The highest BCUT2D eigenvalue weighted by Crippen LogP contribution is 2.41. The Morgan fingerprint density at radius 2 is 1.93 bits per heavy atom. The number of nitrogens with zero attached hydrogens (tertiary/aromatic N) is 4. The summed E-state index contributed by atoms with van der Waals surface area (Å²) in [7, 11) is 0. The molecule has 0 unspecified atom stereocenters. The maximum Gasteiger partial charge on any atom is 0.387 e. The van der Waals surface area contributed by atoms with Crippen molar-refractivity contribution in [2.24, 2.45) is 0 Å². The van der Waals surface area contributed by atoms with Gasteiger partial charge in [0.15, 0.2) is 0 Å². The van der Waals surface area contributed by atoms with Crippen LogP contribution in [0.1, 0.15) is 48.0 Å². The molecular formula is C19H22F2N4O2S. The number of hydrogen-bond acceptors (Lipinski definition) is 6. The Kier molecular flexibility index (Phi) is 5.45. The highest BCUT2D eigenvalue weighted by molar-refractivity contribution is 7.17. The molecule has 0 bridgehead atoms. The first kappa shape index (κ1) is 19.1. The number of ether oxygens (including phenoxy) is 1. The van der Waals surface area contributed by atoms with E-state index in [1.165, 1.54) is 21.9 Å². The molecule has 0 spiro atoms. The van der Waals surface area contributed by atoms with Gasteiger partial charge < -0.3 is 9.84 Å². The molecule has 0 amide bonds. The molecule has 1 N–H and O–H groups in total. The maximum atomic E-state index is 12.7. The summed E-state index contributed by atoms with van der Waals surface area (Å²) in [6.07, 6.45) is 4.45. The van der Waals surface area contributed by atoms with Crippen LogP contribution in [0.5, 0.6) is 11.6 Å². The smallest absolute Gasteiger partial charge is 0.387 e. The Bertz CT molecular complexity index is 951. The van der Waals surface area contributed by atoms with Crippen LogP contribution in [-0.2, 0) is 0 Å². The number of benzene rings is 1. The number of aryl methyl sites for hydroxylation is 1. The molecule has 3 aromatic rings. The summed E-state index contributed by atoms with van der Waals surface area (Å²) in [5.41, 5.74) is 0.802. The summed E-state index contributed by atoms with van der Waals surface area (Å²) in [6.45, 7) is 0.640. The van der Waals surface area contributed by atoms with E-state index in [0.29, 0.717) is 15.7 Å². The molecule has 4 rings (SSSR count). The third-order valence-electron chi connectivity index (χ3n) is 4.96. The van der Waals surface area contributed by atoms with Crippen molar-refractivity contribution in [3.8, 4) is 11.6 Å². The van der Waals surface area contributed by atoms with Crippen molar-refractivity contribution in [3.05, 3.63) is 40.5 Å². The van der Waals surface area contributed by atoms with Crippen LogP contribution < -0.4 is 4.74 Å². The van der Waals surface area contributed by atoms with Crippen molar-refractivity contribution in [2.45, 2.75) is 45.3 Å². The number of hydrogen-bond donors (Lipinski definition) is 1. The van der Waals surface area contributed by atoms with Crippen molar-refractivity contribution in [2.75, 3.05) is 13.1 Å².